The van der Waals surface area contributed by atoms with Crippen molar-refractivity contribution in [3.05, 3.63) is 102 Å². The van der Waals surface area contributed by atoms with Crippen molar-refractivity contribution >= 4 is 28.7 Å². The molecule has 32 heavy (non-hydrogen) atoms. The maximum atomic E-state index is 6.55. The second-order valence-corrected chi connectivity index (χ2v) is 8.64. The van der Waals surface area contributed by atoms with Gasteiger partial charge in [-0.3, -0.25) is 8.99 Å². The van der Waals surface area contributed by atoms with Gasteiger partial charge in [0, 0.05) is 0 Å². The van der Waals surface area contributed by atoms with Gasteiger partial charge in [-0.1, -0.05) is 104 Å². The molecule has 1 aliphatic heterocycles. The van der Waals surface area contributed by atoms with Crippen molar-refractivity contribution in [1.82, 2.24) is 0 Å². The molecule has 3 aromatic carbocycles. The molecule has 0 saturated heterocycles. The average Bonchev–Trinajstić information content (AvgIpc) is 3.19. The van der Waals surface area contributed by atoms with Crippen LogP contribution in [0.25, 0.3) is 33.1 Å². The number of hydrogen-bond acceptors (Lipinski definition) is 0. The maximum Gasteiger partial charge on any atom is 0.279 e. The van der Waals surface area contributed by atoms with Crippen LogP contribution in [0.1, 0.15) is 37.8 Å². The summed E-state index contributed by atoms with van der Waals surface area (Å²) in [6.45, 7) is 11.0. The molecule has 0 N–H and O–H groups in total. The van der Waals surface area contributed by atoms with Crippen molar-refractivity contribution < 1.29 is 8.99 Å². The fraction of sp³-hybridized carbons (Fsp3) is 0.200. The first-order valence-corrected chi connectivity index (χ1v) is 11.5. The Balaban J connectivity index is 1.68. The summed E-state index contributed by atoms with van der Waals surface area (Å²) in [6, 6.07) is 22.4. The molecular weight excluding hydrogens is 390 g/mol. The number of hydrogen-bond donors (Lipinski definition) is 0. The standard InChI is InChI=1S/C30H29NO/c1-5-21(6-2)24-16-17-31(4)27(18-24)29-20(3)12-14-26-25-15-13-23(19-28(25)32-30(26)29)22-10-8-7-9-11-22/h7-19,21H,4-6H2,1-3H3. The summed E-state index contributed by atoms with van der Waals surface area (Å²) in [5.41, 5.74) is 7.90. The molecule has 160 valence electrons. The van der Waals surface area contributed by atoms with Crippen LogP contribution >= 0.6 is 0 Å². The van der Waals surface area contributed by atoms with Gasteiger partial charge < -0.3 is 0 Å². The van der Waals surface area contributed by atoms with Crippen molar-refractivity contribution in [2.24, 2.45) is 5.92 Å². The lowest BCUT2D eigenvalue weighted by atomic mass is 9.88. The van der Waals surface area contributed by atoms with E-state index in [9.17, 15) is 0 Å². The van der Waals surface area contributed by atoms with Crippen LogP contribution in [-0.2, 0) is 0 Å². The Hall–Kier alpha value is -3.52. The van der Waals surface area contributed by atoms with Crippen LogP contribution in [-0.4, -0.2) is 11.3 Å². The van der Waals surface area contributed by atoms with E-state index in [0.29, 0.717) is 5.92 Å². The summed E-state index contributed by atoms with van der Waals surface area (Å²) in [6.07, 6.45) is 8.85. The van der Waals surface area contributed by atoms with Crippen LogP contribution in [0.4, 0.5) is 0 Å². The van der Waals surface area contributed by atoms with Crippen LogP contribution in [0.5, 0.6) is 0 Å². The fourth-order valence-electron chi connectivity index (χ4n) is 4.84. The first kappa shape index (κ1) is 20.4. The first-order chi connectivity index (χ1) is 15.6. The van der Waals surface area contributed by atoms with Gasteiger partial charge in [-0.2, -0.15) is 0 Å². The van der Waals surface area contributed by atoms with Crippen LogP contribution in [0, 0.1) is 18.9 Å². The predicted molar refractivity (Wildman–Crippen MR) is 135 cm³/mol. The lowest BCUT2D eigenvalue weighted by Crippen LogP contribution is -2.18. The van der Waals surface area contributed by atoms with E-state index < -0.39 is 0 Å². The summed E-state index contributed by atoms with van der Waals surface area (Å²) in [5, 5.41) is 2.29. The number of nitrogens with zero attached hydrogens (tertiary/aromatic N) is 1. The zero-order chi connectivity index (χ0) is 22.2. The molecule has 4 aromatic rings. The Morgan fingerprint density at radius 2 is 1.75 bits per heavy atom. The number of aryl methyl sites for hydroxylation is 1. The van der Waals surface area contributed by atoms with E-state index in [0.717, 1.165) is 46.4 Å². The van der Waals surface area contributed by atoms with E-state index in [1.54, 1.807) is 0 Å². The molecule has 0 aliphatic carbocycles. The number of rotatable bonds is 5. The molecule has 2 heteroatoms. The summed E-state index contributed by atoms with van der Waals surface area (Å²) in [7, 11) is 0. The van der Waals surface area contributed by atoms with Gasteiger partial charge >= 0.3 is 0 Å². The van der Waals surface area contributed by atoms with Gasteiger partial charge in [-0.15, -0.1) is 12.1 Å². The Labute approximate surface area is 190 Å². The molecule has 0 amide bonds. The molecule has 0 saturated carbocycles. The Morgan fingerprint density at radius 1 is 0.969 bits per heavy atom. The van der Waals surface area contributed by atoms with Crippen molar-refractivity contribution in [2.75, 3.05) is 0 Å². The van der Waals surface area contributed by atoms with E-state index in [-0.39, 0.29) is 0 Å². The fourth-order valence-corrected chi connectivity index (χ4v) is 4.84. The molecule has 2 nitrogen and oxygen atoms in total. The Kier molecular flexibility index (Phi) is 5.22. The maximum absolute atomic E-state index is 6.55. The van der Waals surface area contributed by atoms with Gasteiger partial charge in [-0.05, 0) is 28.8 Å². The summed E-state index contributed by atoms with van der Waals surface area (Å²) in [4.78, 5) is 0. The largest absolute Gasteiger partial charge is 0.286 e. The number of fused-ring (bicyclic) bond motifs is 3. The highest BCUT2D eigenvalue weighted by Gasteiger charge is 2.27. The zero-order valence-electron chi connectivity index (χ0n) is 19.1. The third-order valence-electron chi connectivity index (χ3n) is 6.73. The molecule has 1 aromatic heterocycles. The highest BCUT2D eigenvalue weighted by molar-refractivity contribution is 6.07. The van der Waals surface area contributed by atoms with E-state index in [1.807, 2.05) is 10.6 Å². The lowest BCUT2D eigenvalue weighted by molar-refractivity contribution is -0.418. The lowest BCUT2D eigenvalue weighted by Gasteiger charge is -2.24. The van der Waals surface area contributed by atoms with Crippen LogP contribution in [0.3, 0.4) is 0 Å². The van der Waals surface area contributed by atoms with Gasteiger partial charge in [-0.25, -0.2) is 0 Å². The minimum absolute atomic E-state index is 0.554. The summed E-state index contributed by atoms with van der Waals surface area (Å²) in [5.74, 6) is 0.554. The van der Waals surface area contributed by atoms with E-state index in [4.69, 9.17) is 4.42 Å². The molecule has 0 fully saturated rings. The van der Waals surface area contributed by atoms with E-state index in [1.165, 1.54) is 22.3 Å². The van der Waals surface area contributed by atoms with Crippen LogP contribution in [0.2, 0.25) is 0 Å². The second kappa shape index (κ2) is 8.20. The summed E-state index contributed by atoms with van der Waals surface area (Å²) < 4.78 is 8.52. The first-order valence-electron chi connectivity index (χ1n) is 11.5. The van der Waals surface area contributed by atoms with Crippen molar-refractivity contribution in [2.45, 2.75) is 33.6 Å². The monoisotopic (exact) mass is 419 g/mol. The average molecular weight is 420 g/mol. The van der Waals surface area contributed by atoms with Crippen LogP contribution in [0.15, 0.2) is 89.0 Å². The molecule has 0 bridgehead atoms. The minimum Gasteiger partial charge on any atom is -0.286 e. The topological polar surface area (TPSA) is 14.3 Å². The van der Waals surface area contributed by atoms with Crippen LogP contribution < -0.4 is 0 Å². The molecule has 0 spiro atoms. The second-order valence-electron chi connectivity index (χ2n) is 8.64. The number of allylic oxidation sites excluding steroid dienone is 2. The van der Waals surface area contributed by atoms with Gasteiger partial charge in [0.25, 0.3) is 11.2 Å². The Bertz CT molecular complexity index is 1370. The summed E-state index contributed by atoms with van der Waals surface area (Å²) >= 11 is 0. The predicted octanol–water partition coefficient (Wildman–Crippen LogP) is 8.04. The minimum atomic E-state index is 0.554. The molecule has 0 unspecified atom stereocenters. The molecule has 5 rings (SSSR count). The quantitative estimate of drug-likeness (QED) is 0.181. The Morgan fingerprint density at radius 3 is 2.50 bits per heavy atom. The van der Waals surface area contributed by atoms with Gasteiger partial charge in [0.2, 0.25) is 0 Å². The third kappa shape index (κ3) is 3.36. The van der Waals surface area contributed by atoms with Crippen molar-refractivity contribution in [3.63, 3.8) is 0 Å². The third-order valence-corrected chi connectivity index (χ3v) is 6.73. The van der Waals surface area contributed by atoms with E-state index >= 15 is 0 Å². The smallest absolute Gasteiger partial charge is 0.279 e. The molecular formula is C30H29NO. The number of benzene rings is 3. The highest BCUT2D eigenvalue weighted by atomic mass is 16.3. The highest BCUT2D eigenvalue weighted by Crippen LogP contribution is 2.39. The number of furan rings is 1. The molecule has 2 heterocycles. The van der Waals surface area contributed by atoms with E-state index in [2.05, 4.69) is 100 Å². The normalized spacial score (nSPS) is 14.1. The molecule has 0 radical (unpaired) electrons. The van der Waals surface area contributed by atoms with Gasteiger partial charge in [0.1, 0.15) is 6.20 Å². The van der Waals surface area contributed by atoms with Crippen molar-refractivity contribution in [3.8, 4) is 11.1 Å². The van der Waals surface area contributed by atoms with Gasteiger partial charge in [0.15, 0.2) is 6.04 Å². The molecule has 1 aliphatic rings. The SMILES string of the molecule is C=[N+]1C=CC(C(CC)CC)=C[C-]1c1c(C)ccc2c1[o+][c-]1cc(-c3ccccc3)ccc21. The molecule has 0 atom stereocenters. The zero-order valence-corrected chi connectivity index (χ0v) is 19.1. The van der Waals surface area contributed by atoms with Gasteiger partial charge in [0.05, 0.1) is 12.3 Å². The van der Waals surface area contributed by atoms with Crippen molar-refractivity contribution in [1.29, 1.82) is 0 Å².